The second kappa shape index (κ2) is 12.8. The summed E-state index contributed by atoms with van der Waals surface area (Å²) in [6, 6.07) is 58.2. The number of rotatable bonds is 6. The monoisotopic (exact) mass is 653 g/mol. The van der Waals surface area contributed by atoms with Crippen LogP contribution in [-0.4, -0.2) is 15.4 Å². The molecule has 8 aromatic rings. The number of aryl methyl sites for hydroxylation is 1. The number of hydrogen-bond acceptors (Lipinski definition) is 3. The Morgan fingerprint density at radius 1 is 0.392 bits per heavy atom. The highest BCUT2D eigenvalue weighted by Gasteiger charge is 2.29. The number of aromatic nitrogens is 3. The fraction of sp³-hybridized carbons (Fsp3) is 0.0625. The fourth-order valence-electron chi connectivity index (χ4n) is 7.87. The van der Waals surface area contributed by atoms with Crippen LogP contribution in [-0.2, 0) is 6.42 Å². The second-order valence-electron chi connectivity index (χ2n) is 13.3. The average molecular weight is 654 g/mol. The van der Waals surface area contributed by atoms with Crippen LogP contribution in [0.5, 0.6) is 0 Å². The summed E-state index contributed by atoms with van der Waals surface area (Å²) in [6.07, 6.45) is 0.880. The van der Waals surface area contributed by atoms with Crippen LogP contribution in [0.3, 0.4) is 0 Å². The van der Waals surface area contributed by atoms with Gasteiger partial charge in [-0.1, -0.05) is 164 Å². The van der Waals surface area contributed by atoms with Crippen molar-refractivity contribution in [2.75, 3.05) is 0 Å². The molecule has 242 valence electrons. The molecule has 1 aliphatic rings. The van der Waals surface area contributed by atoms with Gasteiger partial charge in [-0.2, -0.15) is 0 Å². The summed E-state index contributed by atoms with van der Waals surface area (Å²) < 4.78 is 0. The van der Waals surface area contributed by atoms with Gasteiger partial charge in [-0.3, -0.25) is 0 Å². The Hall–Kier alpha value is -6.45. The maximum absolute atomic E-state index is 4.99. The normalized spacial score (nSPS) is 11.6. The van der Waals surface area contributed by atoms with Crippen molar-refractivity contribution < 1.29 is 0 Å². The Morgan fingerprint density at radius 2 is 0.922 bits per heavy atom. The summed E-state index contributed by atoms with van der Waals surface area (Å²) in [5, 5.41) is 14.3. The Bertz CT molecular complexity index is 2560. The van der Waals surface area contributed by atoms with Gasteiger partial charge >= 0.3 is 0 Å². The van der Waals surface area contributed by atoms with Crippen LogP contribution < -0.4 is 0 Å². The Morgan fingerprint density at radius 3 is 1.63 bits per heavy atom. The predicted octanol–water partition coefficient (Wildman–Crippen LogP) is 12.1. The Balaban J connectivity index is 1.41. The van der Waals surface area contributed by atoms with Crippen molar-refractivity contribution in [1.82, 2.24) is 15.4 Å². The molecule has 3 heteroatoms. The SMILES string of the molecule is Cc1cc2c(c(-c3c(-c4ccccc4)cccc3-c3nnnc(-c4ccccc4)c3-c3ccccc3-c3ccccc3)c1C)Cc1ccccc1-2. The standard InChI is InChI=1S/C48H35N3/c1-31-29-42-38-25-13-12-23-36(38)30-43(42)44(32(31)2)45-39(34-19-8-4-9-20-34)27-16-28-41(45)48-46(47(49-51-50-48)35-21-10-5-11-22-35)40-26-15-14-24-37(40)33-17-6-3-7-18-33/h3-29H,30H2,1-2H3. The van der Waals surface area contributed by atoms with Gasteiger partial charge in [-0.25, -0.2) is 0 Å². The third-order valence-electron chi connectivity index (χ3n) is 10.4. The van der Waals surface area contributed by atoms with Gasteiger partial charge in [0.25, 0.3) is 0 Å². The minimum Gasteiger partial charge on any atom is -0.129 e. The lowest BCUT2D eigenvalue weighted by Gasteiger charge is -2.23. The van der Waals surface area contributed by atoms with Crippen LogP contribution >= 0.6 is 0 Å². The summed E-state index contributed by atoms with van der Waals surface area (Å²) in [5.41, 5.74) is 20.6. The lowest BCUT2D eigenvalue weighted by atomic mass is 9.80. The van der Waals surface area contributed by atoms with E-state index in [1.807, 2.05) is 6.07 Å². The van der Waals surface area contributed by atoms with E-state index in [1.165, 1.54) is 50.1 Å². The molecule has 0 fully saturated rings. The topological polar surface area (TPSA) is 38.7 Å². The second-order valence-corrected chi connectivity index (χ2v) is 13.3. The van der Waals surface area contributed by atoms with Crippen molar-refractivity contribution in [3.63, 3.8) is 0 Å². The molecule has 0 atom stereocenters. The van der Waals surface area contributed by atoms with Crippen molar-refractivity contribution in [2.45, 2.75) is 20.3 Å². The average Bonchev–Trinajstić information content (AvgIpc) is 3.56. The van der Waals surface area contributed by atoms with E-state index in [4.69, 9.17) is 10.2 Å². The highest BCUT2D eigenvalue weighted by atomic mass is 15.3. The van der Waals surface area contributed by atoms with Crippen molar-refractivity contribution in [2.24, 2.45) is 0 Å². The van der Waals surface area contributed by atoms with Gasteiger partial charge < -0.3 is 0 Å². The van der Waals surface area contributed by atoms with E-state index in [-0.39, 0.29) is 0 Å². The van der Waals surface area contributed by atoms with Crippen molar-refractivity contribution in [3.05, 3.63) is 186 Å². The lowest BCUT2D eigenvalue weighted by molar-refractivity contribution is 0.879. The first kappa shape index (κ1) is 30.6. The first-order valence-electron chi connectivity index (χ1n) is 17.5. The maximum Gasteiger partial charge on any atom is 0.105 e. The molecule has 0 unspecified atom stereocenters. The molecule has 0 bridgehead atoms. The van der Waals surface area contributed by atoms with E-state index in [0.717, 1.165) is 56.8 Å². The molecule has 7 aromatic carbocycles. The minimum absolute atomic E-state index is 0.804. The summed E-state index contributed by atoms with van der Waals surface area (Å²) in [6.45, 7) is 4.52. The van der Waals surface area contributed by atoms with E-state index in [9.17, 15) is 0 Å². The molecule has 3 nitrogen and oxygen atoms in total. The molecule has 0 aliphatic heterocycles. The zero-order chi connectivity index (χ0) is 34.3. The number of nitrogens with zero attached hydrogens (tertiary/aromatic N) is 3. The van der Waals surface area contributed by atoms with E-state index < -0.39 is 0 Å². The predicted molar refractivity (Wildman–Crippen MR) is 210 cm³/mol. The van der Waals surface area contributed by atoms with Crippen LogP contribution in [0.2, 0.25) is 0 Å². The minimum atomic E-state index is 0.804. The van der Waals surface area contributed by atoms with Gasteiger partial charge in [0.2, 0.25) is 0 Å². The molecule has 1 aromatic heterocycles. The zero-order valence-corrected chi connectivity index (χ0v) is 28.6. The van der Waals surface area contributed by atoms with Crippen LogP contribution in [0.25, 0.3) is 78.1 Å². The molecule has 0 amide bonds. The van der Waals surface area contributed by atoms with E-state index in [1.54, 1.807) is 0 Å². The molecule has 0 saturated carbocycles. The molecule has 9 rings (SSSR count). The van der Waals surface area contributed by atoms with Gasteiger partial charge in [-0.05, 0) is 97.8 Å². The summed E-state index contributed by atoms with van der Waals surface area (Å²) in [4.78, 5) is 0. The smallest absolute Gasteiger partial charge is 0.105 e. The molecular formula is C48H35N3. The zero-order valence-electron chi connectivity index (χ0n) is 28.6. The number of benzene rings is 7. The van der Waals surface area contributed by atoms with Crippen LogP contribution in [0, 0.1) is 13.8 Å². The third-order valence-corrected chi connectivity index (χ3v) is 10.4. The Labute approximate surface area is 299 Å². The summed E-state index contributed by atoms with van der Waals surface area (Å²) >= 11 is 0. The van der Waals surface area contributed by atoms with E-state index >= 15 is 0 Å². The van der Waals surface area contributed by atoms with Gasteiger partial charge in [0, 0.05) is 16.7 Å². The van der Waals surface area contributed by atoms with Crippen molar-refractivity contribution >= 4 is 0 Å². The molecule has 51 heavy (non-hydrogen) atoms. The first-order valence-corrected chi connectivity index (χ1v) is 17.5. The number of hydrogen-bond donors (Lipinski definition) is 0. The Kier molecular flexibility index (Phi) is 7.67. The molecule has 0 spiro atoms. The van der Waals surface area contributed by atoms with Crippen LogP contribution in [0.1, 0.15) is 22.3 Å². The van der Waals surface area contributed by atoms with Gasteiger partial charge in [-0.15, -0.1) is 10.2 Å². The quantitative estimate of drug-likeness (QED) is 0.179. The molecular weight excluding hydrogens is 619 g/mol. The molecule has 0 N–H and O–H groups in total. The van der Waals surface area contributed by atoms with Crippen molar-refractivity contribution in [3.8, 4) is 78.1 Å². The third kappa shape index (κ3) is 5.26. The fourth-order valence-corrected chi connectivity index (χ4v) is 7.87. The number of fused-ring (bicyclic) bond motifs is 3. The van der Waals surface area contributed by atoms with Gasteiger partial charge in [0.1, 0.15) is 11.4 Å². The van der Waals surface area contributed by atoms with Crippen molar-refractivity contribution in [1.29, 1.82) is 0 Å². The first-order chi connectivity index (χ1) is 25.2. The summed E-state index contributed by atoms with van der Waals surface area (Å²) in [5.74, 6) is 0. The van der Waals surface area contributed by atoms with Gasteiger partial charge in [0.15, 0.2) is 0 Å². The molecule has 1 aliphatic carbocycles. The maximum atomic E-state index is 4.99. The van der Waals surface area contributed by atoms with Gasteiger partial charge in [0.05, 0.1) is 0 Å². The molecule has 1 heterocycles. The highest BCUT2D eigenvalue weighted by molar-refractivity contribution is 6.04. The van der Waals surface area contributed by atoms with E-state index in [2.05, 4.69) is 177 Å². The molecule has 0 radical (unpaired) electrons. The van der Waals surface area contributed by atoms with Crippen LogP contribution in [0.4, 0.5) is 0 Å². The van der Waals surface area contributed by atoms with E-state index in [0.29, 0.717) is 0 Å². The lowest BCUT2D eigenvalue weighted by Crippen LogP contribution is -2.04. The largest absolute Gasteiger partial charge is 0.129 e. The highest BCUT2D eigenvalue weighted by Crippen LogP contribution is 2.51. The molecule has 0 saturated heterocycles. The van der Waals surface area contributed by atoms with Crippen LogP contribution in [0.15, 0.2) is 164 Å². The summed E-state index contributed by atoms with van der Waals surface area (Å²) in [7, 11) is 0.